The Kier molecular flexibility index (Phi) is 3.11. The lowest BCUT2D eigenvalue weighted by Gasteiger charge is -2.12. The van der Waals surface area contributed by atoms with E-state index in [4.69, 9.17) is 0 Å². The molecule has 1 rings (SSSR count). The van der Waals surface area contributed by atoms with Gasteiger partial charge < -0.3 is 10.6 Å². The minimum atomic E-state index is -0.227. The van der Waals surface area contributed by atoms with Gasteiger partial charge >= 0.3 is 0 Å². The Morgan fingerprint density at radius 1 is 1.82 bits per heavy atom. The lowest BCUT2D eigenvalue weighted by molar-refractivity contribution is 0.490. The predicted molar refractivity (Wildman–Crippen MR) is 43.8 cm³/mol. The van der Waals surface area contributed by atoms with Gasteiger partial charge in [0.15, 0.2) is 0 Å². The molecule has 62 valence electrons. The van der Waals surface area contributed by atoms with Crippen molar-refractivity contribution in [2.24, 2.45) is 0 Å². The van der Waals surface area contributed by atoms with Crippen molar-refractivity contribution < 1.29 is 4.39 Å². The molecule has 0 fully saturated rings. The standard InChI is InChI=1S/C8H13FN2/c1-2-11-8-6-10-5-3-4-7(8)9/h2,4,8,10-11H,1,3,5-6H2/t8-/m1/s1. The number of halogens is 1. The zero-order valence-corrected chi connectivity index (χ0v) is 6.44. The van der Waals surface area contributed by atoms with E-state index in [0.717, 1.165) is 13.0 Å². The largest absolute Gasteiger partial charge is 0.381 e. The first-order valence-corrected chi connectivity index (χ1v) is 3.78. The topological polar surface area (TPSA) is 24.1 Å². The Labute approximate surface area is 66.2 Å². The zero-order valence-electron chi connectivity index (χ0n) is 6.44. The van der Waals surface area contributed by atoms with Gasteiger partial charge in [0.25, 0.3) is 0 Å². The van der Waals surface area contributed by atoms with Crippen molar-refractivity contribution in [2.75, 3.05) is 13.1 Å². The Hall–Kier alpha value is -0.830. The average molecular weight is 156 g/mol. The van der Waals surface area contributed by atoms with Crippen molar-refractivity contribution >= 4 is 0 Å². The van der Waals surface area contributed by atoms with Crippen LogP contribution in [0.15, 0.2) is 24.7 Å². The summed E-state index contributed by atoms with van der Waals surface area (Å²) in [6, 6.07) is -0.227. The third kappa shape index (κ3) is 2.35. The second kappa shape index (κ2) is 4.13. The van der Waals surface area contributed by atoms with Crippen LogP contribution in [0.1, 0.15) is 6.42 Å². The van der Waals surface area contributed by atoms with Crippen LogP contribution in [0.2, 0.25) is 0 Å². The molecular formula is C8H13FN2. The molecule has 1 aliphatic heterocycles. The van der Waals surface area contributed by atoms with Crippen LogP contribution < -0.4 is 10.6 Å². The highest BCUT2D eigenvalue weighted by Crippen LogP contribution is 2.07. The second-order valence-electron chi connectivity index (χ2n) is 2.51. The molecule has 0 radical (unpaired) electrons. The van der Waals surface area contributed by atoms with Gasteiger partial charge in [-0.05, 0) is 25.2 Å². The van der Waals surface area contributed by atoms with E-state index >= 15 is 0 Å². The van der Waals surface area contributed by atoms with E-state index in [1.165, 1.54) is 6.20 Å². The fourth-order valence-electron chi connectivity index (χ4n) is 1.08. The van der Waals surface area contributed by atoms with Gasteiger partial charge in [0, 0.05) is 6.54 Å². The SMILES string of the molecule is C=CN[C@@H]1CNCCC=C1F. The minimum absolute atomic E-state index is 0.0881. The van der Waals surface area contributed by atoms with Crippen molar-refractivity contribution in [1.82, 2.24) is 10.6 Å². The smallest absolute Gasteiger partial charge is 0.119 e. The van der Waals surface area contributed by atoms with E-state index in [2.05, 4.69) is 17.2 Å². The van der Waals surface area contributed by atoms with Crippen LogP contribution in [-0.4, -0.2) is 19.1 Å². The molecule has 3 heteroatoms. The maximum Gasteiger partial charge on any atom is 0.119 e. The maximum atomic E-state index is 13.0. The molecule has 11 heavy (non-hydrogen) atoms. The van der Waals surface area contributed by atoms with Gasteiger partial charge in [-0.3, -0.25) is 0 Å². The fraction of sp³-hybridized carbons (Fsp3) is 0.500. The van der Waals surface area contributed by atoms with Crippen LogP contribution in [0, 0.1) is 0 Å². The lowest BCUT2D eigenvalue weighted by Crippen LogP contribution is -2.35. The van der Waals surface area contributed by atoms with Gasteiger partial charge in [-0.15, -0.1) is 0 Å². The first-order chi connectivity index (χ1) is 5.34. The molecule has 1 heterocycles. The number of nitrogens with one attached hydrogen (secondary N) is 2. The summed E-state index contributed by atoms with van der Waals surface area (Å²) in [6.07, 6.45) is 3.90. The van der Waals surface area contributed by atoms with E-state index in [1.54, 1.807) is 6.08 Å². The number of hydrogen-bond acceptors (Lipinski definition) is 2. The third-order valence-electron chi connectivity index (χ3n) is 1.66. The highest BCUT2D eigenvalue weighted by Gasteiger charge is 2.13. The van der Waals surface area contributed by atoms with Gasteiger partial charge in [-0.1, -0.05) is 6.58 Å². The first-order valence-electron chi connectivity index (χ1n) is 3.78. The molecule has 0 aromatic heterocycles. The van der Waals surface area contributed by atoms with E-state index < -0.39 is 0 Å². The lowest BCUT2D eigenvalue weighted by atomic mass is 10.2. The van der Waals surface area contributed by atoms with Gasteiger partial charge in [0.2, 0.25) is 0 Å². The molecule has 2 N–H and O–H groups in total. The summed E-state index contributed by atoms with van der Waals surface area (Å²) in [5.41, 5.74) is 0. The predicted octanol–water partition coefficient (Wildman–Crippen LogP) is 0.935. The molecule has 0 aromatic rings. The van der Waals surface area contributed by atoms with Crippen molar-refractivity contribution in [3.8, 4) is 0 Å². The molecular weight excluding hydrogens is 143 g/mol. The fourth-order valence-corrected chi connectivity index (χ4v) is 1.08. The van der Waals surface area contributed by atoms with Crippen molar-refractivity contribution in [2.45, 2.75) is 12.5 Å². The molecule has 1 aliphatic rings. The Bertz CT molecular complexity index is 165. The van der Waals surface area contributed by atoms with E-state index in [-0.39, 0.29) is 11.9 Å². The Balaban J connectivity index is 2.52. The normalized spacial score (nSPS) is 25.2. The summed E-state index contributed by atoms with van der Waals surface area (Å²) in [5.74, 6) is -0.0881. The molecule has 0 saturated carbocycles. The quantitative estimate of drug-likeness (QED) is 0.621. The van der Waals surface area contributed by atoms with Crippen LogP contribution in [0.4, 0.5) is 4.39 Å². The summed E-state index contributed by atoms with van der Waals surface area (Å²) >= 11 is 0. The van der Waals surface area contributed by atoms with Gasteiger partial charge in [-0.25, -0.2) is 4.39 Å². The molecule has 0 spiro atoms. The highest BCUT2D eigenvalue weighted by molar-refractivity contribution is 5.06. The molecule has 0 aromatic carbocycles. The number of rotatable bonds is 2. The summed E-state index contributed by atoms with van der Waals surface area (Å²) in [6.45, 7) is 4.97. The first kappa shape index (κ1) is 8.27. The van der Waals surface area contributed by atoms with Crippen molar-refractivity contribution in [3.05, 3.63) is 24.7 Å². The molecule has 1 atom stereocenters. The van der Waals surface area contributed by atoms with Gasteiger partial charge in [0.1, 0.15) is 5.83 Å². The van der Waals surface area contributed by atoms with Crippen LogP contribution >= 0.6 is 0 Å². The van der Waals surface area contributed by atoms with Crippen LogP contribution in [0.5, 0.6) is 0 Å². The minimum Gasteiger partial charge on any atom is -0.381 e. The Morgan fingerprint density at radius 2 is 2.64 bits per heavy atom. The summed E-state index contributed by atoms with van der Waals surface area (Å²) in [4.78, 5) is 0. The molecule has 0 unspecified atom stereocenters. The summed E-state index contributed by atoms with van der Waals surface area (Å²) in [5, 5.41) is 5.94. The molecule has 0 saturated heterocycles. The molecule has 0 bridgehead atoms. The maximum absolute atomic E-state index is 13.0. The second-order valence-corrected chi connectivity index (χ2v) is 2.51. The van der Waals surface area contributed by atoms with Gasteiger partial charge in [0.05, 0.1) is 6.04 Å². The summed E-state index contributed by atoms with van der Waals surface area (Å²) < 4.78 is 13.0. The number of hydrogen-bond donors (Lipinski definition) is 2. The molecule has 2 nitrogen and oxygen atoms in total. The van der Waals surface area contributed by atoms with Crippen LogP contribution in [-0.2, 0) is 0 Å². The Morgan fingerprint density at radius 3 is 3.36 bits per heavy atom. The average Bonchev–Trinajstić information content (AvgIpc) is 2.18. The monoisotopic (exact) mass is 156 g/mol. The summed E-state index contributed by atoms with van der Waals surface area (Å²) in [7, 11) is 0. The van der Waals surface area contributed by atoms with Crippen LogP contribution in [0.3, 0.4) is 0 Å². The van der Waals surface area contributed by atoms with Crippen molar-refractivity contribution in [3.63, 3.8) is 0 Å². The highest BCUT2D eigenvalue weighted by atomic mass is 19.1. The molecule has 0 aliphatic carbocycles. The van der Waals surface area contributed by atoms with E-state index in [9.17, 15) is 4.39 Å². The molecule has 0 amide bonds. The van der Waals surface area contributed by atoms with E-state index in [0.29, 0.717) is 6.54 Å². The third-order valence-corrected chi connectivity index (χ3v) is 1.66. The van der Waals surface area contributed by atoms with Crippen molar-refractivity contribution in [1.29, 1.82) is 0 Å². The van der Waals surface area contributed by atoms with E-state index in [1.807, 2.05) is 0 Å². The van der Waals surface area contributed by atoms with Gasteiger partial charge in [-0.2, -0.15) is 0 Å². The van der Waals surface area contributed by atoms with Crippen LogP contribution in [0.25, 0.3) is 0 Å². The zero-order chi connectivity index (χ0) is 8.10.